The number of allylic oxidation sites excluding steroid dienone is 4. The van der Waals surface area contributed by atoms with Crippen molar-refractivity contribution in [3.8, 4) is 0 Å². The Hall–Kier alpha value is -1.15. The summed E-state index contributed by atoms with van der Waals surface area (Å²) in [7, 11) is 0. The molecule has 0 amide bonds. The third-order valence-corrected chi connectivity index (χ3v) is 3.41. The Labute approximate surface area is 97.4 Å². The minimum Gasteiger partial charge on any atom is -0.260 e. The largest absolute Gasteiger partial charge is 0.260 e. The van der Waals surface area contributed by atoms with Crippen LogP contribution in [0.25, 0.3) is 0 Å². The Bertz CT molecular complexity index is 485. The number of hydrogen-bond donors (Lipinski definition) is 0. The zero-order chi connectivity index (χ0) is 10.3. The van der Waals surface area contributed by atoms with E-state index in [0.29, 0.717) is 11.8 Å². The summed E-state index contributed by atoms with van der Waals surface area (Å²) in [4.78, 5) is 4.49. The van der Waals surface area contributed by atoms with Crippen LogP contribution in [0.3, 0.4) is 0 Å². The number of nitrogens with zero attached hydrogens (tertiary/aromatic N) is 1. The van der Waals surface area contributed by atoms with E-state index in [1.807, 2.05) is 12.3 Å². The number of rotatable bonds is 0. The van der Waals surface area contributed by atoms with E-state index in [0.717, 1.165) is 10.2 Å². The van der Waals surface area contributed by atoms with E-state index in [4.69, 9.17) is 0 Å². The Balaban J connectivity index is 2.16. The van der Waals surface area contributed by atoms with Gasteiger partial charge in [0.1, 0.15) is 0 Å². The predicted octanol–water partition coefficient (Wildman–Crippen LogP) is 3.99. The van der Waals surface area contributed by atoms with Crippen LogP contribution in [0.4, 0.5) is 5.69 Å². The number of aliphatic imine (C=N–C) groups is 1. The highest BCUT2D eigenvalue weighted by Crippen LogP contribution is 2.39. The molecule has 0 radical (unpaired) electrons. The molecule has 74 valence electrons. The highest BCUT2D eigenvalue weighted by atomic mass is 79.9. The van der Waals surface area contributed by atoms with Crippen LogP contribution in [-0.2, 0) is 0 Å². The van der Waals surface area contributed by atoms with Crippen molar-refractivity contribution in [2.75, 3.05) is 0 Å². The highest BCUT2D eigenvalue weighted by Gasteiger charge is 2.24. The molecule has 2 unspecified atom stereocenters. The van der Waals surface area contributed by atoms with Crippen LogP contribution in [0.5, 0.6) is 0 Å². The van der Waals surface area contributed by atoms with Crippen molar-refractivity contribution in [3.63, 3.8) is 0 Å². The van der Waals surface area contributed by atoms with Gasteiger partial charge in [0, 0.05) is 22.5 Å². The number of fused-ring (bicyclic) bond motifs is 3. The number of halogens is 1. The lowest BCUT2D eigenvalue weighted by Gasteiger charge is -2.26. The third-order valence-electron chi connectivity index (χ3n) is 2.91. The van der Waals surface area contributed by atoms with E-state index in [-0.39, 0.29) is 0 Å². The van der Waals surface area contributed by atoms with Crippen LogP contribution < -0.4 is 0 Å². The predicted molar refractivity (Wildman–Crippen MR) is 66.8 cm³/mol. The molecule has 2 aliphatic rings. The molecule has 1 nitrogen and oxygen atoms in total. The average molecular weight is 260 g/mol. The molecule has 0 fully saturated rings. The molecule has 0 saturated carbocycles. The van der Waals surface area contributed by atoms with Gasteiger partial charge in [-0.1, -0.05) is 40.2 Å². The summed E-state index contributed by atoms with van der Waals surface area (Å²) in [5, 5.41) is 0. The summed E-state index contributed by atoms with van der Waals surface area (Å²) in [5.74, 6) is 0.886. The van der Waals surface area contributed by atoms with E-state index >= 15 is 0 Å². The summed E-state index contributed by atoms with van der Waals surface area (Å²) in [5.41, 5.74) is 2.41. The molecule has 2 heteroatoms. The molecule has 1 heterocycles. The summed E-state index contributed by atoms with van der Waals surface area (Å²) in [6.07, 6.45) is 10.7. The molecular formula is C13H10BrN. The average Bonchev–Trinajstić information content (AvgIpc) is 2.29. The number of benzene rings is 1. The van der Waals surface area contributed by atoms with E-state index in [9.17, 15) is 0 Å². The quantitative estimate of drug-likeness (QED) is 0.668. The van der Waals surface area contributed by atoms with Crippen LogP contribution >= 0.6 is 15.9 Å². The van der Waals surface area contributed by atoms with Crippen molar-refractivity contribution in [1.82, 2.24) is 0 Å². The zero-order valence-corrected chi connectivity index (χ0v) is 9.68. The Morgan fingerprint density at radius 1 is 1.13 bits per heavy atom. The second-order valence-electron chi connectivity index (χ2n) is 3.85. The van der Waals surface area contributed by atoms with Crippen LogP contribution in [0.2, 0.25) is 0 Å². The topological polar surface area (TPSA) is 12.4 Å². The second kappa shape index (κ2) is 3.46. The maximum Gasteiger partial charge on any atom is 0.0665 e. The first-order chi connectivity index (χ1) is 7.34. The maximum absolute atomic E-state index is 4.49. The molecule has 1 aliphatic heterocycles. The van der Waals surface area contributed by atoms with Crippen molar-refractivity contribution in [2.45, 2.75) is 5.92 Å². The fourth-order valence-corrected chi connectivity index (χ4v) is 2.53. The third kappa shape index (κ3) is 1.49. The van der Waals surface area contributed by atoms with Gasteiger partial charge in [-0.05, 0) is 23.8 Å². The lowest BCUT2D eigenvalue weighted by atomic mass is 9.81. The first kappa shape index (κ1) is 9.10. The molecule has 1 aromatic carbocycles. The van der Waals surface area contributed by atoms with Gasteiger partial charge in [0.05, 0.1) is 5.69 Å². The van der Waals surface area contributed by atoms with E-state index in [1.165, 1.54) is 5.56 Å². The van der Waals surface area contributed by atoms with Gasteiger partial charge in [0.2, 0.25) is 0 Å². The minimum absolute atomic E-state index is 0.428. The van der Waals surface area contributed by atoms with Crippen LogP contribution in [0.15, 0.2) is 52.0 Å². The van der Waals surface area contributed by atoms with Crippen molar-refractivity contribution in [1.29, 1.82) is 0 Å². The Morgan fingerprint density at radius 3 is 2.93 bits per heavy atom. The van der Waals surface area contributed by atoms with Gasteiger partial charge in [0.25, 0.3) is 0 Å². The van der Waals surface area contributed by atoms with Crippen LogP contribution in [0, 0.1) is 5.92 Å². The van der Waals surface area contributed by atoms with Gasteiger partial charge in [-0.3, -0.25) is 4.99 Å². The molecule has 15 heavy (non-hydrogen) atoms. The number of hydrogen-bond acceptors (Lipinski definition) is 1. The van der Waals surface area contributed by atoms with E-state index < -0.39 is 0 Å². The van der Waals surface area contributed by atoms with E-state index in [2.05, 4.69) is 57.4 Å². The molecule has 0 N–H and O–H groups in total. The molecular weight excluding hydrogens is 250 g/mol. The van der Waals surface area contributed by atoms with Crippen molar-refractivity contribution in [3.05, 3.63) is 52.5 Å². The lowest BCUT2D eigenvalue weighted by molar-refractivity contribution is 0.736. The summed E-state index contributed by atoms with van der Waals surface area (Å²) >= 11 is 3.51. The van der Waals surface area contributed by atoms with Gasteiger partial charge in [-0.2, -0.15) is 0 Å². The molecule has 1 aliphatic carbocycles. The van der Waals surface area contributed by atoms with Gasteiger partial charge >= 0.3 is 0 Å². The van der Waals surface area contributed by atoms with Crippen molar-refractivity contribution >= 4 is 27.8 Å². The molecule has 1 aromatic rings. The van der Waals surface area contributed by atoms with Gasteiger partial charge in [-0.15, -0.1) is 0 Å². The molecule has 2 atom stereocenters. The fraction of sp³-hybridized carbons (Fsp3) is 0.154. The second-order valence-corrected chi connectivity index (χ2v) is 4.77. The van der Waals surface area contributed by atoms with Crippen molar-refractivity contribution in [2.24, 2.45) is 10.9 Å². The van der Waals surface area contributed by atoms with Crippen LogP contribution in [0.1, 0.15) is 11.5 Å². The molecule has 0 saturated heterocycles. The first-order valence-electron chi connectivity index (χ1n) is 5.03. The first-order valence-corrected chi connectivity index (χ1v) is 5.82. The SMILES string of the molecule is Brc1ccc2c(c1)C1C=CC=CC1C=N2. The van der Waals surface area contributed by atoms with Crippen molar-refractivity contribution < 1.29 is 0 Å². The van der Waals surface area contributed by atoms with Gasteiger partial charge in [0.15, 0.2) is 0 Å². The summed E-state index contributed by atoms with van der Waals surface area (Å²) in [6, 6.07) is 6.28. The fourth-order valence-electron chi connectivity index (χ4n) is 2.15. The highest BCUT2D eigenvalue weighted by molar-refractivity contribution is 9.10. The van der Waals surface area contributed by atoms with Crippen LogP contribution in [-0.4, -0.2) is 6.21 Å². The Kier molecular flexibility index (Phi) is 2.10. The molecule has 0 aromatic heterocycles. The summed E-state index contributed by atoms with van der Waals surface area (Å²) in [6.45, 7) is 0. The standard InChI is InChI=1S/C13H10BrN/c14-10-5-6-13-12(7-10)11-4-2-1-3-9(11)8-15-13/h1-9,11H. The molecule has 0 bridgehead atoms. The lowest BCUT2D eigenvalue weighted by Crippen LogP contribution is -2.15. The minimum atomic E-state index is 0.428. The van der Waals surface area contributed by atoms with Gasteiger partial charge < -0.3 is 0 Å². The Morgan fingerprint density at radius 2 is 2.00 bits per heavy atom. The normalized spacial score (nSPS) is 26.2. The van der Waals surface area contributed by atoms with Gasteiger partial charge in [-0.25, -0.2) is 0 Å². The monoisotopic (exact) mass is 259 g/mol. The van der Waals surface area contributed by atoms with E-state index in [1.54, 1.807) is 0 Å². The maximum atomic E-state index is 4.49. The zero-order valence-electron chi connectivity index (χ0n) is 8.10. The molecule has 3 rings (SSSR count). The smallest absolute Gasteiger partial charge is 0.0665 e. The molecule has 0 spiro atoms. The summed E-state index contributed by atoms with van der Waals surface area (Å²) < 4.78 is 1.13.